The number of pyridine rings is 2. The number of anilines is 1. The van der Waals surface area contributed by atoms with Crippen molar-refractivity contribution in [1.29, 1.82) is 0 Å². The maximum atomic E-state index is 15.4. The molecule has 0 spiro atoms. The van der Waals surface area contributed by atoms with Crippen LogP contribution in [0.5, 0.6) is 28.7 Å². The van der Waals surface area contributed by atoms with E-state index in [1.807, 2.05) is 0 Å². The summed E-state index contributed by atoms with van der Waals surface area (Å²) < 4.78 is 58.5. The molecule has 49 heavy (non-hydrogen) atoms. The van der Waals surface area contributed by atoms with E-state index in [2.05, 4.69) is 15.6 Å². The van der Waals surface area contributed by atoms with Gasteiger partial charge < -0.3 is 34.3 Å². The van der Waals surface area contributed by atoms with Crippen LogP contribution in [-0.2, 0) is 11.2 Å². The van der Waals surface area contributed by atoms with E-state index < -0.39 is 23.1 Å². The van der Waals surface area contributed by atoms with Gasteiger partial charge in [-0.25, -0.2) is 8.78 Å². The topological polar surface area (TPSA) is 122 Å². The van der Waals surface area contributed by atoms with E-state index in [1.165, 1.54) is 48.1 Å². The number of hydrogen-bond donors (Lipinski definition) is 2. The fraction of sp³-hybridized carbons (Fsp3) is 0.250. The van der Waals surface area contributed by atoms with E-state index in [0.29, 0.717) is 65.1 Å². The number of halogens is 2. The first-order valence-electron chi connectivity index (χ1n) is 15.7. The van der Waals surface area contributed by atoms with Crippen LogP contribution in [0.1, 0.15) is 22.3 Å². The third kappa shape index (κ3) is 6.76. The number of ether oxygens (including phenoxy) is 5. The van der Waals surface area contributed by atoms with Crippen LogP contribution in [0.4, 0.5) is 14.5 Å². The van der Waals surface area contributed by atoms with Crippen LogP contribution in [0, 0.1) is 11.6 Å². The van der Waals surface area contributed by atoms with Gasteiger partial charge in [0.1, 0.15) is 22.9 Å². The van der Waals surface area contributed by atoms with Crippen LogP contribution in [0.2, 0.25) is 0 Å². The van der Waals surface area contributed by atoms with Crippen molar-refractivity contribution < 1.29 is 37.3 Å². The van der Waals surface area contributed by atoms with E-state index >= 15 is 4.39 Å². The Labute approximate surface area is 279 Å². The average molecular weight is 671 g/mol. The Bertz CT molecular complexity index is 2080. The van der Waals surface area contributed by atoms with Crippen molar-refractivity contribution in [2.75, 3.05) is 45.4 Å². The summed E-state index contributed by atoms with van der Waals surface area (Å²) in [5.74, 6) is -0.591. The van der Waals surface area contributed by atoms with Crippen molar-refractivity contribution in [2.24, 2.45) is 0 Å². The molecule has 0 aliphatic carbocycles. The van der Waals surface area contributed by atoms with E-state index in [0.717, 1.165) is 32.2 Å². The number of nitrogens with zero attached hydrogens (tertiary/aromatic N) is 2. The Morgan fingerprint density at radius 2 is 1.86 bits per heavy atom. The monoisotopic (exact) mass is 670 g/mol. The maximum absolute atomic E-state index is 15.4. The molecule has 0 atom stereocenters. The van der Waals surface area contributed by atoms with Crippen LogP contribution in [0.25, 0.3) is 16.6 Å². The number of methoxy groups -OCH3 is 1. The highest BCUT2D eigenvalue weighted by atomic mass is 19.1. The zero-order chi connectivity index (χ0) is 33.9. The Morgan fingerprint density at radius 1 is 1.02 bits per heavy atom. The van der Waals surface area contributed by atoms with Gasteiger partial charge in [0.2, 0.25) is 0 Å². The Hall–Kier alpha value is -5.53. The van der Waals surface area contributed by atoms with Gasteiger partial charge in [-0.05, 0) is 61.5 Å². The molecule has 2 N–H and O–H groups in total. The Balaban J connectivity index is 1.08. The predicted molar refractivity (Wildman–Crippen MR) is 177 cm³/mol. The Kier molecular flexibility index (Phi) is 9.09. The molecule has 1 amide bonds. The van der Waals surface area contributed by atoms with Gasteiger partial charge in [-0.3, -0.25) is 19.1 Å². The smallest absolute Gasteiger partial charge is 0.271 e. The maximum Gasteiger partial charge on any atom is 0.271 e. The third-order valence-electron chi connectivity index (χ3n) is 8.23. The number of carbonyl (C=O) groups is 1. The summed E-state index contributed by atoms with van der Waals surface area (Å²) in [6.07, 6.45) is 4.40. The molecule has 13 heteroatoms. The number of benzene rings is 3. The summed E-state index contributed by atoms with van der Waals surface area (Å²) in [5.41, 5.74) is 0.798. The number of carbonyl (C=O) groups excluding carboxylic acids is 1. The normalized spacial score (nSPS) is 13.8. The summed E-state index contributed by atoms with van der Waals surface area (Å²) >= 11 is 0. The molecule has 2 aromatic heterocycles. The molecule has 4 heterocycles. The van der Waals surface area contributed by atoms with E-state index in [9.17, 15) is 14.0 Å². The van der Waals surface area contributed by atoms with Crippen molar-refractivity contribution in [3.05, 3.63) is 106 Å². The molecule has 7 rings (SSSR count). The molecule has 0 bridgehead atoms. The van der Waals surface area contributed by atoms with Gasteiger partial charge in [-0.2, -0.15) is 0 Å². The van der Waals surface area contributed by atoms with Gasteiger partial charge in [-0.15, -0.1) is 0 Å². The third-order valence-corrected chi connectivity index (χ3v) is 8.23. The first-order valence-corrected chi connectivity index (χ1v) is 15.7. The molecule has 11 nitrogen and oxygen atoms in total. The lowest BCUT2D eigenvalue weighted by Crippen LogP contribution is -2.46. The minimum Gasteiger partial charge on any atom is -0.493 e. The summed E-state index contributed by atoms with van der Waals surface area (Å²) in [7, 11) is 1.53. The number of hydrogen-bond acceptors (Lipinski definition) is 9. The first kappa shape index (κ1) is 32.0. The molecule has 0 radical (unpaired) electrons. The van der Waals surface area contributed by atoms with Crippen molar-refractivity contribution in [1.82, 2.24) is 14.9 Å². The van der Waals surface area contributed by atoms with Crippen LogP contribution < -0.4 is 35.1 Å². The van der Waals surface area contributed by atoms with Crippen molar-refractivity contribution in [3.63, 3.8) is 0 Å². The summed E-state index contributed by atoms with van der Waals surface area (Å²) in [4.78, 5) is 31.3. The highest BCUT2D eigenvalue weighted by molar-refractivity contribution is 6.06. The van der Waals surface area contributed by atoms with Gasteiger partial charge >= 0.3 is 0 Å². The fourth-order valence-electron chi connectivity index (χ4n) is 5.63. The zero-order valence-electron chi connectivity index (χ0n) is 26.5. The molecule has 0 saturated carbocycles. The first-order chi connectivity index (χ1) is 23.9. The van der Waals surface area contributed by atoms with Gasteiger partial charge in [0.25, 0.3) is 11.5 Å². The number of aromatic nitrogens is 2. The van der Waals surface area contributed by atoms with Crippen LogP contribution in [0.3, 0.4) is 0 Å². The molecule has 2 aliphatic rings. The van der Waals surface area contributed by atoms with Gasteiger partial charge in [-0.1, -0.05) is 0 Å². The van der Waals surface area contributed by atoms with Crippen molar-refractivity contribution in [2.45, 2.75) is 18.9 Å². The zero-order valence-corrected chi connectivity index (χ0v) is 26.5. The summed E-state index contributed by atoms with van der Waals surface area (Å²) in [5, 5.41) is 6.57. The van der Waals surface area contributed by atoms with Gasteiger partial charge in [0.05, 0.1) is 45.1 Å². The molecule has 252 valence electrons. The lowest BCUT2D eigenvalue weighted by atomic mass is 10.1. The van der Waals surface area contributed by atoms with E-state index in [4.69, 9.17) is 23.7 Å². The van der Waals surface area contributed by atoms with Crippen LogP contribution in [-0.4, -0.2) is 61.6 Å². The second-order valence-corrected chi connectivity index (χ2v) is 11.5. The standard InChI is InChI=1S/C36H32F2N4O7/c1-45-31-16-26-28(17-32(31)47-13-2-11-39-24-19-46-20-24)40-12-9-29(26)49-30-8-5-23(15-27(30)38)41-35(43)33-34-21(10-14-48-34)18-42(36(33)44)25-6-3-22(37)4-7-25/h3-9,12,15-18,24,39H,2,10-11,13-14,19-20H2,1H3,(H,41,43). The summed E-state index contributed by atoms with van der Waals surface area (Å²) in [6, 6.07) is 14.7. The molecule has 1 saturated heterocycles. The predicted octanol–water partition coefficient (Wildman–Crippen LogP) is 5.41. The van der Waals surface area contributed by atoms with Crippen LogP contribution in [0.15, 0.2) is 77.9 Å². The molecule has 5 aromatic rings. The summed E-state index contributed by atoms with van der Waals surface area (Å²) in [6.45, 7) is 3.03. The minimum absolute atomic E-state index is 0.0949. The lowest BCUT2D eigenvalue weighted by Gasteiger charge is -2.26. The largest absolute Gasteiger partial charge is 0.493 e. The fourth-order valence-corrected chi connectivity index (χ4v) is 5.63. The van der Waals surface area contributed by atoms with E-state index in [-0.39, 0.29) is 22.7 Å². The SMILES string of the molecule is COc1cc2c(Oc3ccc(NC(=O)c4c5c(cn(-c6ccc(F)cc6)c4=O)CCO5)cc3F)ccnc2cc1OCCCNC1COC1. The number of rotatable bonds is 12. The lowest BCUT2D eigenvalue weighted by molar-refractivity contribution is -0.00523. The quantitative estimate of drug-likeness (QED) is 0.168. The highest BCUT2D eigenvalue weighted by Gasteiger charge is 2.27. The minimum atomic E-state index is -0.776. The van der Waals surface area contributed by atoms with Crippen LogP contribution >= 0.6 is 0 Å². The number of amides is 1. The molecular formula is C36H32F2N4O7. The van der Waals surface area contributed by atoms with Crippen molar-refractivity contribution in [3.8, 4) is 34.4 Å². The second kappa shape index (κ2) is 13.9. The highest BCUT2D eigenvalue weighted by Crippen LogP contribution is 2.38. The molecule has 2 aliphatic heterocycles. The van der Waals surface area contributed by atoms with Gasteiger partial charge in [0, 0.05) is 53.3 Å². The number of nitrogens with one attached hydrogen (secondary N) is 2. The van der Waals surface area contributed by atoms with Crippen molar-refractivity contribution >= 4 is 22.5 Å². The molecule has 0 unspecified atom stereocenters. The molecule has 3 aromatic carbocycles. The molecular weight excluding hydrogens is 638 g/mol. The average Bonchev–Trinajstić information content (AvgIpc) is 3.54. The number of fused-ring (bicyclic) bond motifs is 2. The Morgan fingerprint density at radius 3 is 2.61 bits per heavy atom. The molecule has 1 fully saturated rings. The second-order valence-electron chi connectivity index (χ2n) is 11.5. The van der Waals surface area contributed by atoms with E-state index in [1.54, 1.807) is 30.6 Å². The van der Waals surface area contributed by atoms with Gasteiger partial charge in [0.15, 0.2) is 23.1 Å².